The van der Waals surface area contributed by atoms with Crippen molar-refractivity contribution >= 4 is 17.5 Å². The minimum absolute atomic E-state index is 0.141. The Morgan fingerprint density at radius 2 is 1.88 bits per heavy atom. The average molecular weight is 447 g/mol. The molecule has 0 saturated heterocycles. The summed E-state index contributed by atoms with van der Waals surface area (Å²) in [6.07, 6.45) is 0. The predicted octanol–water partition coefficient (Wildman–Crippen LogP) is 5.25. The normalized spacial score (nSPS) is 12.4. The van der Waals surface area contributed by atoms with E-state index in [1.165, 1.54) is 35.0 Å². The van der Waals surface area contributed by atoms with Crippen LogP contribution in [0, 0.1) is 23.0 Å². The second-order valence-electron chi connectivity index (χ2n) is 7.28. The van der Waals surface area contributed by atoms with E-state index < -0.39 is 11.6 Å². The number of rotatable bonds is 3. The maximum Gasteiger partial charge on any atom is 0.251 e. The molecule has 0 bridgehead atoms. The molecule has 3 aromatic carbocycles. The summed E-state index contributed by atoms with van der Waals surface area (Å²) >= 11 is 6.08. The zero-order chi connectivity index (χ0) is 22.4. The van der Waals surface area contributed by atoms with Crippen LogP contribution in [0.2, 0.25) is 5.02 Å². The molecule has 1 aromatic heterocycles. The number of carbonyl (C=O) groups is 1. The number of nitriles is 1. The molecule has 0 aliphatic carbocycles. The fraction of sp³-hybridized carbons (Fsp3) is 0.0417. The van der Waals surface area contributed by atoms with E-state index in [1.54, 1.807) is 24.3 Å². The summed E-state index contributed by atoms with van der Waals surface area (Å²) < 4.78 is 29.5. The van der Waals surface area contributed by atoms with Crippen LogP contribution < -0.4 is 5.32 Å². The number of halogens is 3. The number of carbonyl (C=O) groups excluding carboxylic acids is 1. The standard InChI is InChI=1S/C24H13ClF2N4O/c25-15-6-13(7-16(26)9-15)23-10-22(18-2-1-3-19-20(18)12-29-24(19)32)30-31(23)17-4-5-21(27)14(8-17)11-28/h1-10H,12H2,(H,29,32). The van der Waals surface area contributed by atoms with Gasteiger partial charge in [-0.2, -0.15) is 10.4 Å². The van der Waals surface area contributed by atoms with Gasteiger partial charge in [0.2, 0.25) is 0 Å². The van der Waals surface area contributed by atoms with Crippen molar-refractivity contribution in [2.24, 2.45) is 0 Å². The van der Waals surface area contributed by atoms with E-state index in [9.17, 15) is 18.8 Å². The minimum Gasteiger partial charge on any atom is -0.348 e. The predicted molar refractivity (Wildman–Crippen MR) is 115 cm³/mol. The van der Waals surface area contributed by atoms with Gasteiger partial charge in [-0.05, 0) is 54.1 Å². The number of benzene rings is 3. The Morgan fingerprint density at radius 1 is 1.06 bits per heavy atom. The van der Waals surface area contributed by atoms with E-state index >= 15 is 0 Å². The van der Waals surface area contributed by atoms with Gasteiger partial charge in [0, 0.05) is 28.3 Å². The highest BCUT2D eigenvalue weighted by molar-refractivity contribution is 6.30. The van der Waals surface area contributed by atoms with Crippen molar-refractivity contribution in [2.45, 2.75) is 6.54 Å². The van der Waals surface area contributed by atoms with Crippen molar-refractivity contribution in [2.75, 3.05) is 0 Å². The summed E-state index contributed by atoms with van der Waals surface area (Å²) in [4.78, 5) is 12.1. The first-order valence-electron chi connectivity index (χ1n) is 9.61. The van der Waals surface area contributed by atoms with Gasteiger partial charge in [-0.3, -0.25) is 4.79 Å². The summed E-state index contributed by atoms with van der Waals surface area (Å²) in [6, 6.07) is 17.1. The van der Waals surface area contributed by atoms with Gasteiger partial charge in [0.1, 0.15) is 17.7 Å². The van der Waals surface area contributed by atoms with Crippen LogP contribution in [0.1, 0.15) is 21.5 Å². The van der Waals surface area contributed by atoms with Gasteiger partial charge in [-0.15, -0.1) is 0 Å². The van der Waals surface area contributed by atoms with Gasteiger partial charge in [-0.1, -0.05) is 23.7 Å². The Hall–Kier alpha value is -4.02. The molecule has 5 rings (SSSR count). The molecule has 0 saturated carbocycles. The zero-order valence-corrected chi connectivity index (χ0v) is 17.1. The van der Waals surface area contributed by atoms with E-state index in [2.05, 4.69) is 10.4 Å². The molecule has 1 N–H and O–H groups in total. The monoisotopic (exact) mass is 446 g/mol. The minimum atomic E-state index is -0.649. The average Bonchev–Trinajstić information content (AvgIpc) is 3.38. The molecule has 2 heterocycles. The van der Waals surface area contributed by atoms with Gasteiger partial charge in [-0.25, -0.2) is 13.5 Å². The van der Waals surface area contributed by atoms with Crippen LogP contribution in [0.3, 0.4) is 0 Å². The lowest BCUT2D eigenvalue weighted by atomic mass is 10.00. The number of hydrogen-bond acceptors (Lipinski definition) is 3. The summed E-state index contributed by atoms with van der Waals surface area (Å²) in [5.74, 6) is -1.32. The Morgan fingerprint density at radius 3 is 2.66 bits per heavy atom. The van der Waals surface area contributed by atoms with E-state index in [0.717, 1.165) is 11.1 Å². The third-order valence-corrected chi connectivity index (χ3v) is 5.52. The molecule has 0 spiro atoms. The summed E-state index contributed by atoms with van der Waals surface area (Å²) in [7, 11) is 0. The Balaban J connectivity index is 1.76. The molecule has 1 aliphatic heterocycles. The van der Waals surface area contributed by atoms with Crippen LogP contribution in [0.25, 0.3) is 28.2 Å². The van der Waals surface area contributed by atoms with Gasteiger partial charge in [0.25, 0.3) is 5.91 Å². The van der Waals surface area contributed by atoms with Crippen molar-refractivity contribution < 1.29 is 13.6 Å². The highest BCUT2D eigenvalue weighted by Gasteiger charge is 2.24. The molecule has 0 unspecified atom stereocenters. The third kappa shape index (κ3) is 3.31. The van der Waals surface area contributed by atoms with E-state index in [1.807, 2.05) is 12.1 Å². The second-order valence-corrected chi connectivity index (χ2v) is 7.71. The zero-order valence-electron chi connectivity index (χ0n) is 16.4. The van der Waals surface area contributed by atoms with Gasteiger partial charge < -0.3 is 5.32 Å². The first kappa shape index (κ1) is 19.9. The molecule has 8 heteroatoms. The van der Waals surface area contributed by atoms with Crippen LogP contribution in [0.15, 0.2) is 60.7 Å². The van der Waals surface area contributed by atoms with E-state index in [0.29, 0.717) is 34.7 Å². The van der Waals surface area contributed by atoms with Crippen molar-refractivity contribution in [3.05, 3.63) is 94.0 Å². The molecular formula is C24H13ClF2N4O. The number of amides is 1. The maximum atomic E-state index is 14.1. The molecule has 32 heavy (non-hydrogen) atoms. The highest BCUT2D eigenvalue weighted by atomic mass is 35.5. The number of aromatic nitrogens is 2. The van der Waals surface area contributed by atoms with Crippen LogP contribution in [0.5, 0.6) is 0 Å². The lowest BCUT2D eigenvalue weighted by Crippen LogP contribution is -2.12. The molecule has 0 radical (unpaired) electrons. The number of fused-ring (bicyclic) bond motifs is 1. The quantitative estimate of drug-likeness (QED) is 0.467. The topological polar surface area (TPSA) is 70.7 Å². The highest BCUT2D eigenvalue weighted by Crippen LogP contribution is 2.34. The van der Waals surface area contributed by atoms with Crippen molar-refractivity contribution in [3.8, 4) is 34.3 Å². The van der Waals surface area contributed by atoms with Crippen LogP contribution >= 0.6 is 11.6 Å². The summed E-state index contributed by atoms with van der Waals surface area (Å²) in [5.41, 5.74) is 3.89. The third-order valence-electron chi connectivity index (χ3n) is 5.30. The van der Waals surface area contributed by atoms with Crippen molar-refractivity contribution in [1.82, 2.24) is 15.1 Å². The van der Waals surface area contributed by atoms with Crippen molar-refractivity contribution in [1.29, 1.82) is 5.26 Å². The summed E-state index contributed by atoms with van der Waals surface area (Å²) in [5, 5.41) is 16.9. The first-order chi connectivity index (χ1) is 15.4. The second kappa shape index (κ2) is 7.59. The molecule has 4 aromatic rings. The van der Waals surface area contributed by atoms with E-state index in [-0.39, 0.29) is 16.5 Å². The maximum absolute atomic E-state index is 14.1. The van der Waals surface area contributed by atoms with Crippen LogP contribution in [-0.2, 0) is 6.54 Å². The van der Waals surface area contributed by atoms with E-state index in [4.69, 9.17) is 11.6 Å². The lowest BCUT2D eigenvalue weighted by Gasteiger charge is -2.09. The Labute approximate surface area is 186 Å². The molecule has 156 valence electrons. The van der Waals surface area contributed by atoms with Gasteiger partial charge in [0.15, 0.2) is 0 Å². The SMILES string of the molecule is N#Cc1cc(-n2nc(-c3cccc4c3CNC4=O)cc2-c2cc(F)cc(Cl)c2)ccc1F. The largest absolute Gasteiger partial charge is 0.348 e. The number of hydrogen-bond donors (Lipinski definition) is 1. The Kier molecular flexibility index (Phi) is 4.72. The molecular weight excluding hydrogens is 434 g/mol. The Bertz CT molecular complexity index is 1430. The van der Waals surface area contributed by atoms with Gasteiger partial charge in [0.05, 0.1) is 22.6 Å². The molecule has 1 aliphatic rings. The van der Waals surface area contributed by atoms with Crippen molar-refractivity contribution in [3.63, 3.8) is 0 Å². The number of nitrogens with zero attached hydrogens (tertiary/aromatic N) is 3. The first-order valence-corrected chi connectivity index (χ1v) is 9.99. The fourth-order valence-electron chi connectivity index (χ4n) is 3.84. The van der Waals surface area contributed by atoms with Gasteiger partial charge >= 0.3 is 0 Å². The number of nitrogens with one attached hydrogen (secondary N) is 1. The smallest absolute Gasteiger partial charge is 0.251 e. The molecule has 0 atom stereocenters. The lowest BCUT2D eigenvalue weighted by molar-refractivity contribution is 0.0965. The van der Waals surface area contributed by atoms with Crippen LogP contribution in [0.4, 0.5) is 8.78 Å². The summed E-state index contributed by atoms with van der Waals surface area (Å²) in [6.45, 7) is 0.369. The van der Waals surface area contributed by atoms with Crippen LogP contribution in [-0.4, -0.2) is 15.7 Å². The molecule has 0 fully saturated rings. The fourth-order valence-corrected chi connectivity index (χ4v) is 4.06. The molecule has 1 amide bonds. The molecule has 5 nitrogen and oxygen atoms in total.